The summed E-state index contributed by atoms with van der Waals surface area (Å²) in [6.45, 7) is 1.95. The normalized spacial score (nSPS) is 10.1. The van der Waals surface area contributed by atoms with E-state index in [4.69, 9.17) is 0 Å². The highest BCUT2D eigenvalue weighted by Crippen LogP contribution is 2.16. The molecule has 3 aromatic carbocycles. The molecule has 0 spiro atoms. The van der Waals surface area contributed by atoms with Crippen LogP contribution in [-0.2, 0) is 4.74 Å². The van der Waals surface area contributed by atoms with Crippen LogP contribution in [0.5, 0.6) is 0 Å². The summed E-state index contributed by atoms with van der Waals surface area (Å²) >= 11 is 0. The van der Waals surface area contributed by atoms with Gasteiger partial charge in [0.2, 0.25) is 0 Å². The Morgan fingerprint density at radius 3 is 1.93 bits per heavy atom. The molecule has 0 atom stereocenters. The molecule has 0 radical (unpaired) electrons. The van der Waals surface area contributed by atoms with Crippen molar-refractivity contribution in [2.45, 2.75) is 6.92 Å². The lowest BCUT2D eigenvalue weighted by molar-refractivity contribution is 0.0600. The van der Waals surface area contributed by atoms with Gasteiger partial charge in [-0.2, -0.15) is 0 Å². The average molecular weight is 388 g/mol. The molecule has 0 saturated heterocycles. The zero-order valence-corrected chi connectivity index (χ0v) is 16.1. The number of ether oxygens (including phenoxy) is 1. The zero-order valence-electron chi connectivity index (χ0n) is 16.1. The van der Waals surface area contributed by atoms with Crippen molar-refractivity contribution < 1.29 is 19.1 Å². The van der Waals surface area contributed by atoms with Crippen LogP contribution < -0.4 is 10.6 Å². The van der Waals surface area contributed by atoms with Crippen LogP contribution in [-0.4, -0.2) is 24.9 Å². The standard InChI is InChI=1S/C23H20N2O4/c1-15-6-8-16(9-7-15)21(26)25-20-5-3-4-18(14-20)22(27)24-19-12-10-17(11-13-19)23(28)29-2/h3-14H,1-2H3,(H,24,27)(H,25,26). The second-order valence-corrected chi connectivity index (χ2v) is 6.42. The first-order chi connectivity index (χ1) is 14.0. The van der Waals surface area contributed by atoms with Crippen molar-refractivity contribution in [3.8, 4) is 0 Å². The van der Waals surface area contributed by atoms with Gasteiger partial charge in [-0.15, -0.1) is 0 Å². The molecule has 0 aromatic heterocycles. The van der Waals surface area contributed by atoms with Gasteiger partial charge in [0.05, 0.1) is 12.7 Å². The van der Waals surface area contributed by atoms with Crippen molar-refractivity contribution in [2.75, 3.05) is 17.7 Å². The molecule has 29 heavy (non-hydrogen) atoms. The average Bonchev–Trinajstić information content (AvgIpc) is 2.74. The van der Waals surface area contributed by atoms with Gasteiger partial charge >= 0.3 is 5.97 Å². The molecule has 2 N–H and O–H groups in total. The summed E-state index contributed by atoms with van der Waals surface area (Å²) in [5.41, 5.74) is 3.45. The van der Waals surface area contributed by atoms with Gasteiger partial charge in [-0.25, -0.2) is 4.79 Å². The first kappa shape index (κ1) is 19.8. The van der Waals surface area contributed by atoms with Gasteiger partial charge < -0.3 is 15.4 Å². The van der Waals surface area contributed by atoms with E-state index in [0.717, 1.165) is 5.56 Å². The third-order valence-corrected chi connectivity index (χ3v) is 4.26. The summed E-state index contributed by atoms with van der Waals surface area (Å²) in [5.74, 6) is -1.02. The molecule has 3 rings (SSSR count). The van der Waals surface area contributed by atoms with Gasteiger partial charge in [-0.3, -0.25) is 9.59 Å². The van der Waals surface area contributed by atoms with Gasteiger partial charge in [0, 0.05) is 22.5 Å². The highest BCUT2D eigenvalue weighted by atomic mass is 16.5. The molecule has 6 nitrogen and oxygen atoms in total. The number of anilines is 2. The SMILES string of the molecule is COC(=O)c1ccc(NC(=O)c2cccc(NC(=O)c3ccc(C)cc3)c2)cc1. The molecule has 3 aromatic rings. The van der Waals surface area contributed by atoms with Gasteiger partial charge in [0.15, 0.2) is 0 Å². The summed E-state index contributed by atoms with van der Waals surface area (Å²) in [7, 11) is 1.31. The molecule has 146 valence electrons. The number of aryl methyl sites for hydroxylation is 1. The van der Waals surface area contributed by atoms with E-state index in [-0.39, 0.29) is 11.8 Å². The molecule has 6 heteroatoms. The molecule has 0 aliphatic rings. The van der Waals surface area contributed by atoms with Gasteiger partial charge in [-0.05, 0) is 61.5 Å². The number of carbonyl (C=O) groups excluding carboxylic acids is 3. The highest BCUT2D eigenvalue weighted by molar-refractivity contribution is 6.07. The van der Waals surface area contributed by atoms with E-state index in [1.165, 1.54) is 7.11 Å². The number of amides is 2. The summed E-state index contributed by atoms with van der Waals surface area (Å²) in [5, 5.41) is 5.55. The fraction of sp³-hybridized carbons (Fsp3) is 0.0870. The van der Waals surface area contributed by atoms with Gasteiger partial charge in [0.1, 0.15) is 0 Å². The molecular formula is C23H20N2O4. The molecule has 0 fully saturated rings. The lowest BCUT2D eigenvalue weighted by Gasteiger charge is -2.09. The van der Waals surface area contributed by atoms with E-state index in [1.807, 2.05) is 19.1 Å². The fourth-order valence-electron chi connectivity index (χ4n) is 2.66. The minimum absolute atomic E-state index is 0.249. The molecule has 0 saturated carbocycles. The van der Waals surface area contributed by atoms with Crippen LogP contribution in [0.2, 0.25) is 0 Å². The van der Waals surface area contributed by atoms with Crippen LogP contribution in [0.1, 0.15) is 36.6 Å². The highest BCUT2D eigenvalue weighted by Gasteiger charge is 2.11. The van der Waals surface area contributed by atoms with Crippen LogP contribution in [0.3, 0.4) is 0 Å². The number of methoxy groups -OCH3 is 1. The molecule has 0 aliphatic carbocycles. The maximum absolute atomic E-state index is 12.5. The molecule has 2 amide bonds. The first-order valence-electron chi connectivity index (χ1n) is 8.94. The topological polar surface area (TPSA) is 84.5 Å². The predicted molar refractivity (Wildman–Crippen MR) is 111 cm³/mol. The number of carbonyl (C=O) groups is 3. The number of hydrogen-bond donors (Lipinski definition) is 2. The molecule has 0 heterocycles. The van der Waals surface area contributed by atoms with E-state index in [1.54, 1.807) is 60.7 Å². The van der Waals surface area contributed by atoms with Gasteiger partial charge in [0.25, 0.3) is 11.8 Å². The second-order valence-electron chi connectivity index (χ2n) is 6.42. The van der Waals surface area contributed by atoms with Crippen molar-refractivity contribution in [3.05, 3.63) is 95.1 Å². The lowest BCUT2D eigenvalue weighted by atomic mass is 10.1. The minimum atomic E-state index is -0.445. The minimum Gasteiger partial charge on any atom is -0.465 e. The molecule has 0 aliphatic heterocycles. The quantitative estimate of drug-likeness (QED) is 0.639. The predicted octanol–water partition coefficient (Wildman–Crippen LogP) is 4.29. The third-order valence-electron chi connectivity index (χ3n) is 4.26. The number of esters is 1. The first-order valence-corrected chi connectivity index (χ1v) is 8.94. The van der Waals surface area contributed by atoms with Crippen LogP contribution in [0, 0.1) is 6.92 Å². The lowest BCUT2D eigenvalue weighted by Crippen LogP contribution is -2.14. The van der Waals surface area contributed by atoms with Crippen molar-refractivity contribution in [2.24, 2.45) is 0 Å². The largest absolute Gasteiger partial charge is 0.465 e. The van der Waals surface area contributed by atoms with Gasteiger partial charge in [-0.1, -0.05) is 23.8 Å². The Morgan fingerprint density at radius 2 is 1.28 bits per heavy atom. The van der Waals surface area contributed by atoms with E-state index in [0.29, 0.717) is 28.1 Å². The maximum atomic E-state index is 12.5. The van der Waals surface area contributed by atoms with Crippen molar-refractivity contribution in [1.29, 1.82) is 0 Å². The fourth-order valence-corrected chi connectivity index (χ4v) is 2.66. The molecular weight excluding hydrogens is 368 g/mol. The van der Waals surface area contributed by atoms with E-state index < -0.39 is 5.97 Å². The number of benzene rings is 3. The Morgan fingerprint density at radius 1 is 0.690 bits per heavy atom. The Kier molecular flexibility index (Phi) is 6.04. The summed E-state index contributed by atoms with van der Waals surface area (Å²) in [6, 6.07) is 20.3. The van der Waals surface area contributed by atoms with Crippen molar-refractivity contribution in [1.82, 2.24) is 0 Å². The maximum Gasteiger partial charge on any atom is 0.337 e. The van der Waals surface area contributed by atoms with Crippen LogP contribution in [0.4, 0.5) is 11.4 Å². The molecule has 0 bridgehead atoms. The molecule has 0 unspecified atom stereocenters. The van der Waals surface area contributed by atoms with E-state index in [9.17, 15) is 14.4 Å². The third kappa shape index (κ3) is 5.07. The number of rotatable bonds is 5. The van der Waals surface area contributed by atoms with Crippen molar-refractivity contribution >= 4 is 29.2 Å². The number of hydrogen-bond acceptors (Lipinski definition) is 4. The number of nitrogens with one attached hydrogen (secondary N) is 2. The van der Waals surface area contributed by atoms with Crippen LogP contribution in [0.15, 0.2) is 72.8 Å². The smallest absolute Gasteiger partial charge is 0.337 e. The Labute approximate surface area is 168 Å². The van der Waals surface area contributed by atoms with Crippen molar-refractivity contribution in [3.63, 3.8) is 0 Å². The monoisotopic (exact) mass is 388 g/mol. The van der Waals surface area contributed by atoms with E-state index >= 15 is 0 Å². The summed E-state index contributed by atoms with van der Waals surface area (Å²) < 4.78 is 4.65. The van der Waals surface area contributed by atoms with E-state index in [2.05, 4.69) is 15.4 Å². The zero-order chi connectivity index (χ0) is 20.8. The van der Waals surface area contributed by atoms with Crippen LogP contribution in [0.25, 0.3) is 0 Å². The Bertz CT molecular complexity index is 1040. The Balaban J connectivity index is 1.68. The Hall–Kier alpha value is -3.93. The summed E-state index contributed by atoms with van der Waals surface area (Å²) in [4.78, 5) is 36.3. The second kappa shape index (κ2) is 8.84. The van der Waals surface area contributed by atoms with Crippen LogP contribution >= 0.6 is 0 Å². The summed E-state index contributed by atoms with van der Waals surface area (Å²) in [6.07, 6.45) is 0.